The van der Waals surface area contributed by atoms with Crippen LogP contribution in [0, 0.1) is 15.9 Å². The van der Waals surface area contributed by atoms with Crippen LogP contribution in [0.5, 0.6) is 0 Å². The minimum Gasteiger partial charge on any atom is -0.452 e. The Hall–Kier alpha value is -3.00. The second kappa shape index (κ2) is 8.39. The van der Waals surface area contributed by atoms with Crippen molar-refractivity contribution in [3.63, 3.8) is 0 Å². The standard InChI is InChI=1S/C17H14ClFN2O5/c1-10(26-16(22)8-11-2-4-12(18)5-3-11)17(23)20-13-6-7-14(19)15(9-13)21(24)25/h2-7,9-10H,8H2,1H3,(H,20,23)/t10-/m0/s1. The number of nitro benzene ring substituents is 1. The Balaban J connectivity index is 1.94. The molecule has 2 aromatic rings. The maximum absolute atomic E-state index is 13.3. The number of hydrogen-bond donors (Lipinski definition) is 1. The van der Waals surface area contributed by atoms with Gasteiger partial charge in [-0.05, 0) is 36.8 Å². The Morgan fingerprint density at radius 1 is 1.27 bits per heavy atom. The van der Waals surface area contributed by atoms with Gasteiger partial charge in [-0.25, -0.2) is 0 Å². The van der Waals surface area contributed by atoms with Crippen molar-refractivity contribution in [1.29, 1.82) is 0 Å². The van der Waals surface area contributed by atoms with E-state index < -0.39 is 34.4 Å². The maximum atomic E-state index is 13.3. The zero-order chi connectivity index (χ0) is 19.3. The van der Waals surface area contributed by atoms with Crippen molar-refractivity contribution >= 4 is 34.9 Å². The van der Waals surface area contributed by atoms with Gasteiger partial charge in [0, 0.05) is 16.8 Å². The molecule has 1 atom stereocenters. The Morgan fingerprint density at radius 3 is 2.54 bits per heavy atom. The lowest BCUT2D eigenvalue weighted by Gasteiger charge is -2.13. The molecule has 0 aliphatic carbocycles. The van der Waals surface area contributed by atoms with Crippen LogP contribution in [-0.4, -0.2) is 22.9 Å². The normalized spacial score (nSPS) is 11.5. The van der Waals surface area contributed by atoms with E-state index in [0.29, 0.717) is 10.6 Å². The highest BCUT2D eigenvalue weighted by atomic mass is 35.5. The number of amides is 1. The van der Waals surface area contributed by atoms with Crippen molar-refractivity contribution in [3.8, 4) is 0 Å². The Kier molecular flexibility index (Phi) is 6.24. The predicted octanol–water partition coefficient (Wildman–Crippen LogP) is 3.50. The van der Waals surface area contributed by atoms with Crippen molar-refractivity contribution in [2.24, 2.45) is 0 Å². The van der Waals surface area contributed by atoms with Gasteiger partial charge in [0.15, 0.2) is 6.10 Å². The van der Waals surface area contributed by atoms with Crippen LogP contribution >= 0.6 is 11.6 Å². The van der Waals surface area contributed by atoms with Gasteiger partial charge in [-0.15, -0.1) is 0 Å². The SMILES string of the molecule is C[C@H](OC(=O)Cc1ccc(Cl)cc1)C(=O)Nc1ccc(F)c([N+](=O)[O-])c1. The fraction of sp³-hybridized carbons (Fsp3) is 0.176. The van der Waals surface area contributed by atoms with Crippen LogP contribution in [0.4, 0.5) is 15.8 Å². The molecule has 0 aliphatic rings. The van der Waals surface area contributed by atoms with Gasteiger partial charge in [0.2, 0.25) is 5.82 Å². The summed E-state index contributed by atoms with van der Waals surface area (Å²) in [6, 6.07) is 9.49. The van der Waals surface area contributed by atoms with E-state index in [4.69, 9.17) is 16.3 Å². The van der Waals surface area contributed by atoms with Crippen molar-refractivity contribution in [1.82, 2.24) is 0 Å². The average molecular weight is 381 g/mol. The predicted molar refractivity (Wildman–Crippen MR) is 92.4 cm³/mol. The smallest absolute Gasteiger partial charge is 0.311 e. The first-order valence-corrected chi connectivity index (χ1v) is 7.83. The highest BCUT2D eigenvalue weighted by Gasteiger charge is 2.20. The first-order chi connectivity index (χ1) is 12.3. The molecule has 0 radical (unpaired) electrons. The third kappa shape index (κ3) is 5.25. The van der Waals surface area contributed by atoms with E-state index in [1.54, 1.807) is 24.3 Å². The molecule has 0 spiro atoms. The molecule has 1 N–H and O–H groups in total. The first kappa shape index (κ1) is 19.3. The molecule has 0 saturated carbocycles. The van der Waals surface area contributed by atoms with E-state index in [1.165, 1.54) is 13.0 Å². The third-order valence-electron chi connectivity index (χ3n) is 3.35. The lowest BCUT2D eigenvalue weighted by molar-refractivity contribution is -0.387. The summed E-state index contributed by atoms with van der Waals surface area (Å²) >= 11 is 5.76. The van der Waals surface area contributed by atoms with Crippen LogP contribution in [0.3, 0.4) is 0 Å². The molecule has 0 unspecified atom stereocenters. The largest absolute Gasteiger partial charge is 0.452 e. The number of halogens is 2. The molecule has 0 fully saturated rings. The van der Waals surface area contributed by atoms with Crippen LogP contribution < -0.4 is 5.32 Å². The monoisotopic (exact) mass is 380 g/mol. The van der Waals surface area contributed by atoms with Crippen LogP contribution in [0.15, 0.2) is 42.5 Å². The number of esters is 1. The van der Waals surface area contributed by atoms with Gasteiger partial charge in [-0.3, -0.25) is 19.7 Å². The number of ether oxygens (including phenoxy) is 1. The second-order valence-electron chi connectivity index (χ2n) is 5.35. The zero-order valence-corrected chi connectivity index (χ0v) is 14.3. The third-order valence-corrected chi connectivity index (χ3v) is 3.60. The molecule has 7 nitrogen and oxygen atoms in total. The quantitative estimate of drug-likeness (QED) is 0.469. The van der Waals surface area contributed by atoms with Gasteiger partial charge < -0.3 is 10.1 Å². The topological polar surface area (TPSA) is 98.5 Å². The maximum Gasteiger partial charge on any atom is 0.311 e. The summed E-state index contributed by atoms with van der Waals surface area (Å²) in [7, 11) is 0. The zero-order valence-electron chi connectivity index (χ0n) is 13.6. The van der Waals surface area contributed by atoms with Gasteiger partial charge in [-0.2, -0.15) is 4.39 Å². The number of anilines is 1. The molecule has 136 valence electrons. The Morgan fingerprint density at radius 2 is 1.92 bits per heavy atom. The summed E-state index contributed by atoms with van der Waals surface area (Å²) < 4.78 is 18.3. The lowest BCUT2D eigenvalue weighted by atomic mass is 10.1. The number of carbonyl (C=O) groups excluding carboxylic acids is 2. The van der Waals surface area contributed by atoms with Gasteiger partial charge in [0.05, 0.1) is 11.3 Å². The molecule has 0 aliphatic heterocycles. The molecule has 9 heteroatoms. The van der Waals surface area contributed by atoms with Crippen molar-refractivity contribution in [2.75, 3.05) is 5.32 Å². The lowest BCUT2D eigenvalue weighted by Crippen LogP contribution is -2.30. The molecule has 0 saturated heterocycles. The van der Waals surface area contributed by atoms with E-state index in [9.17, 15) is 24.1 Å². The summed E-state index contributed by atoms with van der Waals surface area (Å²) in [5, 5.41) is 13.6. The molecular formula is C17H14ClFN2O5. The number of carbonyl (C=O) groups is 2. The summed E-state index contributed by atoms with van der Waals surface area (Å²) in [5.74, 6) is -2.34. The average Bonchev–Trinajstić information content (AvgIpc) is 2.58. The number of nitrogens with one attached hydrogen (secondary N) is 1. The van der Waals surface area contributed by atoms with Crippen LogP contribution in [0.25, 0.3) is 0 Å². The second-order valence-corrected chi connectivity index (χ2v) is 5.78. The van der Waals surface area contributed by atoms with Crippen molar-refractivity contribution < 1.29 is 23.6 Å². The molecule has 2 aromatic carbocycles. The molecule has 26 heavy (non-hydrogen) atoms. The first-order valence-electron chi connectivity index (χ1n) is 7.45. The molecular weight excluding hydrogens is 367 g/mol. The van der Waals surface area contributed by atoms with Gasteiger partial charge in [0.25, 0.3) is 5.91 Å². The van der Waals surface area contributed by atoms with E-state index >= 15 is 0 Å². The van der Waals surface area contributed by atoms with Crippen molar-refractivity contribution in [3.05, 3.63) is 69.0 Å². The molecule has 0 bridgehead atoms. The molecule has 0 aromatic heterocycles. The molecule has 0 heterocycles. The summed E-state index contributed by atoms with van der Waals surface area (Å²) in [4.78, 5) is 33.7. The van der Waals surface area contributed by atoms with Crippen LogP contribution in [0.2, 0.25) is 5.02 Å². The molecule has 1 amide bonds. The fourth-order valence-corrected chi connectivity index (χ4v) is 2.16. The number of rotatable bonds is 6. The highest BCUT2D eigenvalue weighted by Crippen LogP contribution is 2.21. The summed E-state index contributed by atoms with van der Waals surface area (Å²) in [6.45, 7) is 1.35. The van der Waals surface area contributed by atoms with Crippen LogP contribution in [-0.2, 0) is 20.7 Å². The van der Waals surface area contributed by atoms with Gasteiger partial charge >= 0.3 is 11.7 Å². The van der Waals surface area contributed by atoms with Gasteiger partial charge in [-0.1, -0.05) is 23.7 Å². The van der Waals surface area contributed by atoms with E-state index in [1.807, 2.05) is 0 Å². The Labute approximate surface area is 152 Å². The number of benzene rings is 2. The number of hydrogen-bond acceptors (Lipinski definition) is 5. The highest BCUT2D eigenvalue weighted by molar-refractivity contribution is 6.30. The minimum absolute atomic E-state index is 0.0173. The van der Waals surface area contributed by atoms with E-state index in [-0.39, 0.29) is 12.1 Å². The number of nitrogens with zero attached hydrogens (tertiary/aromatic N) is 1. The summed E-state index contributed by atoms with van der Waals surface area (Å²) in [5.41, 5.74) is -0.0833. The van der Waals surface area contributed by atoms with Crippen molar-refractivity contribution in [2.45, 2.75) is 19.4 Å². The van der Waals surface area contributed by atoms with E-state index in [0.717, 1.165) is 12.1 Å². The van der Waals surface area contributed by atoms with E-state index in [2.05, 4.69) is 5.32 Å². The molecule has 2 rings (SSSR count). The van der Waals surface area contributed by atoms with Crippen LogP contribution in [0.1, 0.15) is 12.5 Å². The fourth-order valence-electron chi connectivity index (χ4n) is 2.04. The minimum atomic E-state index is -1.14. The Bertz CT molecular complexity index is 842. The van der Waals surface area contributed by atoms with Gasteiger partial charge in [0.1, 0.15) is 0 Å². The number of nitro groups is 1. The summed E-state index contributed by atoms with van der Waals surface area (Å²) in [6.07, 6.45) is -1.18.